The zero-order valence-corrected chi connectivity index (χ0v) is 15.9. The van der Waals surface area contributed by atoms with Crippen LogP contribution in [0.15, 0.2) is 36.4 Å². The average Bonchev–Trinajstić information content (AvgIpc) is 2.84. The molecular weight excluding hydrogens is 375 g/mol. The summed E-state index contributed by atoms with van der Waals surface area (Å²) in [7, 11) is 3.08. The maximum absolute atomic E-state index is 12.9. The highest BCUT2D eigenvalue weighted by atomic mass is 35.5. The molecule has 2 aromatic rings. The minimum atomic E-state index is -0.406. The van der Waals surface area contributed by atoms with E-state index in [-0.39, 0.29) is 23.4 Å². The number of amides is 3. The van der Waals surface area contributed by atoms with Gasteiger partial charge in [0, 0.05) is 29.7 Å². The number of fused-ring (bicyclic) bond motifs is 1. The molecule has 3 rings (SSSR count). The fourth-order valence-electron chi connectivity index (χ4n) is 2.92. The first kappa shape index (κ1) is 18.4. The first-order valence-corrected chi connectivity index (χ1v) is 8.66. The second-order valence-electron chi connectivity index (χ2n) is 6.19. The molecule has 0 spiro atoms. The summed E-state index contributed by atoms with van der Waals surface area (Å²) in [5.41, 5.74) is 1.65. The molecule has 0 bridgehead atoms. The van der Waals surface area contributed by atoms with Gasteiger partial charge in [-0.2, -0.15) is 0 Å². The van der Waals surface area contributed by atoms with Crippen LogP contribution in [0.3, 0.4) is 0 Å². The minimum Gasteiger partial charge on any atom is -0.335 e. The number of carbonyl (C=O) groups is 3. The van der Waals surface area contributed by atoms with Crippen molar-refractivity contribution in [3.8, 4) is 0 Å². The first-order valence-electron chi connectivity index (χ1n) is 7.91. The average molecular weight is 391 g/mol. The summed E-state index contributed by atoms with van der Waals surface area (Å²) in [4.78, 5) is 39.5. The highest BCUT2D eigenvalue weighted by Gasteiger charge is 2.33. The highest BCUT2D eigenvalue weighted by molar-refractivity contribution is 6.35. The molecule has 0 saturated heterocycles. The SMILES string of the molecule is C[C@H](c1ccc(Cl)cc1Cl)N(C)C(=O)c1ccc2c(c1)C(=O)N(C)C2=O. The Morgan fingerprint density at radius 3 is 2.35 bits per heavy atom. The van der Waals surface area contributed by atoms with Crippen LogP contribution < -0.4 is 0 Å². The van der Waals surface area contributed by atoms with Gasteiger partial charge in [-0.3, -0.25) is 19.3 Å². The quantitative estimate of drug-likeness (QED) is 0.742. The van der Waals surface area contributed by atoms with E-state index in [1.165, 1.54) is 24.1 Å². The van der Waals surface area contributed by atoms with E-state index in [1.54, 1.807) is 31.3 Å². The Kier molecular flexibility index (Phi) is 4.78. The zero-order valence-electron chi connectivity index (χ0n) is 14.4. The summed E-state index contributed by atoms with van der Waals surface area (Å²) in [6.07, 6.45) is 0. The maximum atomic E-state index is 12.9. The van der Waals surface area contributed by atoms with Crippen LogP contribution in [0.2, 0.25) is 10.0 Å². The van der Waals surface area contributed by atoms with Crippen LogP contribution >= 0.6 is 23.2 Å². The lowest BCUT2D eigenvalue weighted by atomic mass is 10.0. The molecule has 0 unspecified atom stereocenters. The number of hydrogen-bond acceptors (Lipinski definition) is 3. The summed E-state index contributed by atoms with van der Waals surface area (Å²) >= 11 is 12.2. The molecule has 0 aromatic heterocycles. The number of hydrogen-bond donors (Lipinski definition) is 0. The van der Waals surface area contributed by atoms with Crippen molar-refractivity contribution in [2.24, 2.45) is 0 Å². The number of imide groups is 1. The zero-order chi connectivity index (χ0) is 19.2. The van der Waals surface area contributed by atoms with Crippen molar-refractivity contribution < 1.29 is 14.4 Å². The van der Waals surface area contributed by atoms with Gasteiger partial charge in [0.25, 0.3) is 17.7 Å². The maximum Gasteiger partial charge on any atom is 0.261 e. The lowest BCUT2D eigenvalue weighted by Gasteiger charge is -2.26. The van der Waals surface area contributed by atoms with E-state index in [0.717, 1.165) is 10.5 Å². The van der Waals surface area contributed by atoms with Gasteiger partial charge in [0.15, 0.2) is 0 Å². The Balaban J connectivity index is 1.90. The van der Waals surface area contributed by atoms with Crippen molar-refractivity contribution in [3.05, 3.63) is 68.7 Å². The molecule has 5 nitrogen and oxygen atoms in total. The molecule has 1 heterocycles. The summed E-state index contributed by atoms with van der Waals surface area (Å²) in [5, 5.41) is 0.992. The largest absolute Gasteiger partial charge is 0.335 e. The van der Waals surface area contributed by atoms with Crippen molar-refractivity contribution in [2.45, 2.75) is 13.0 Å². The standard InChI is InChI=1S/C19H16Cl2N2O3/c1-10(13-7-5-12(20)9-16(13)21)22(2)17(24)11-4-6-14-15(8-11)19(26)23(3)18(14)25/h4-10H,1-3H3/t10-/m1/s1. The summed E-state index contributed by atoms with van der Waals surface area (Å²) in [6, 6.07) is 9.35. The van der Waals surface area contributed by atoms with Gasteiger partial charge in [-0.05, 0) is 42.8 Å². The third-order valence-corrected chi connectivity index (χ3v) is 5.21. The molecule has 1 aliphatic rings. The van der Waals surface area contributed by atoms with Crippen LogP contribution in [-0.4, -0.2) is 41.6 Å². The monoisotopic (exact) mass is 390 g/mol. The second-order valence-corrected chi connectivity index (χ2v) is 7.03. The van der Waals surface area contributed by atoms with E-state index >= 15 is 0 Å². The Morgan fingerprint density at radius 2 is 1.69 bits per heavy atom. The number of rotatable bonds is 3. The predicted octanol–water partition coefficient (Wildman–Crippen LogP) is 4.05. The van der Waals surface area contributed by atoms with Crippen LogP contribution in [0.1, 0.15) is 49.6 Å². The number of nitrogens with zero attached hydrogens (tertiary/aromatic N) is 2. The van der Waals surface area contributed by atoms with Crippen LogP contribution in [0, 0.1) is 0 Å². The lowest BCUT2D eigenvalue weighted by molar-refractivity contribution is 0.0692. The van der Waals surface area contributed by atoms with E-state index in [2.05, 4.69) is 0 Å². The Bertz CT molecular complexity index is 942. The van der Waals surface area contributed by atoms with Gasteiger partial charge < -0.3 is 4.90 Å². The lowest BCUT2D eigenvalue weighted by Crippen LogP contribution is -2.30. The van der Waals surface area contributed by atoms with Gasteiger partial charge in [-0.1, -0.05) is 29.3 Å². The molecule has 0 aliphatic carbocycles. The molecule has 3 amide bonds. The van der Waals surface area contributed by atoms with Crippen LogP contribution in [0.25, 0.3) is 0 Å². The van der Waals surface area contributed by atoms with Gasteiger partial charge in [-0.15, -0.1) is 0 Å². The molecule has 0 fully saturated rings. The number of carbonyl (C=O) groups excluding carboxylic acids is 3. The highest BCUT2D eigenvalue weighted by Crippen LogP contribution is 2.30. The van der Waals surface area contributed by atoms with E-state index in [0.29, 0.717) is 21.2 Å². The van der Waals surface area contributed by atoms with Gasteiger partial charge in [0.2, 0.25) is 0 Å². The van der Waals surface area contributed by atoms with Crippen molar-refractivity contribution in [1.82, 2.24) is 9.80 Å². The Labute approximate surface area is 161 Å². The molecular formula is C19H16Cl2N2O3. The molecule has 26 heavy (non-hydrogen) atoms. The Hall–Kier alpha value is -2.37. The first-order chi connectivity index (χ1) is 12.2. The van der Waals surface area contributed by atoms with Crippen molar-refractivity contribution in [1.29, 1.82) is 0 Å². The fourth-order valence-corrected chi connectivity index (χ4v) is 3.49. The van der Waals surface area contributed by atoms with Gasteiger partial charge in [-0.25, -0.2) is 0 Å². The molecule has 0 N–H and O–H groups in total. The van der Waals surface area contributed by atoms with Gasteiger partial charge in [0.1, 0.15) is 0 Å². The van der Waals surface area contributed by atoms with E-state index in [4.69, 9.17) is 23.2 Å². The molecule has 7 heteroatoms. The minimum absolute atomic E-state index is 0.244. The molecule has 2 aromatic carbocycles. The van der Waals surface area contributed by atoms with Crippen molar-refractivity contribution in [2.75, 3.05) is 14.1 Å². The summed E-state index contributed by atoms with van der Waals surface area (Å²) < 4.78 is 0. The fraction of sp³-hybridized carbons (Fsp3) is 0.211. The van der Waals surface area contributed by atoms with Crippen LogP contribution in [0.4, 0.5) is 0 Å². The molecule has 134 valence electrons. The number of benzene rings is 2. The van der Waals surface area contributed by atoms with Crippen molar-refractivity contribution >= 4 is 40.9 Å². The summed E-state index contributed by atoms with van der Waals surface area (Å²) in [5.74, 6) is -1.05. The molecule has 0 saturated carbocycles. The molecule has 0 radical (unpaired) electrons. The molecule has 1 atom stereocenters. The third kappa shape index (κ3) is 2.97. The van der Waals surface area contributed by atoms with Crippen LogP contribution in [0.5, 0.6) is 0 Å². The van der Waals surface area contributed by atoms with E-state index in [1.807, 2.05) is 6.92 Å². The smallest absolute Gasteiger partial charge is 0.261 e. The topological polar surface area (TPSA) is 57.7 Å². The predicted molar refractivity (Wildman–Crippen MR) is 99.8 cm³/mol. The summed E-state index contributed by atoms with van der Waals surface area (Å²) in [6.45, 7) is 1.85. The second kappa shape index (κ2) is 6.74. The molecule has 1 aliphatic heterocycles. The van der Waals surface area contributed by atoms with Crippen molar-refractivity contribution in [3.63, 3.8) is 0 Å². The third-order valence-electron chi connectivity index (χ3n) is 4.65. The van der Waals surface area contributed by atoms with Crippen LogP contribution in [-0.2, 0) is 0 Å². The van der Waals surface area contributed by atoms with E-state index in [9.17, 15) is 14.4 Å². The van der Waals surface area contributed by atoms with E-state index < -0.39 is 5.91 Å². The number of halogens is 2. The van der Waals surface area contributed by atoms with Gasteiger partial charge in [0.05, 0.1) is 17.2 Å². The van der Waals surface area contributed by atoms with Gasteiger partial charge >= 0.3 is 0 Å². The normalized spacial score (nSPS) is 14.4. The Morgan fingerprint density at radius 1 is 1.04 bits per heavy atom.